The van der Waals surface area contributed by atoms with Crippen LogP contribution in [0, 0.1) is 13.8 Å². The minimum atomic E-state index is -0.275. The molecular weight excluding hydrogens is 208 g/mol. The average molecular weight is 230 g/mol. The van der Waals surface area contributed by atoms with Gasteiger partial charge in [-0.3, -0.25) is 9.59 Å². The third-order valence-corrected chi connectivity index (χ3v) is 1.40. The summed E-state index contributed by atoms with van der Waals surface area (Å²) in [5.41, 5.74) is 0. The van der Waals surface area contributed by atoms with Crippen molar-refractivity contribution in [1.82, 2.24) is 0 Å². The van der Waals surface area contributed by atoms with Crippen LogP contribution in [0.1, 0.15) is 39.5 Å². The Morgan fingerprint density at radius 3 is 1.38 bits per heavy atom. The van der Waals surface area contributed by atoms with Crippen LogP contribution in [0.5, 0.6) is 0 Å². The molecule has 0 unspecified atom stereocenters. The summed E-state index contributed by atoms with van der Waals surface area (Å²) in [5.74, 6) is -0.551. The van der Waals surface area contributed by atoms with Crippen molar-refractivity contribution >= 4 is 11.9 Å². The summed E-state index contributed by atoms with van der Waals surface area (Å²) in [6.07, 6.45) is 3.37. The van der Waals surface area contributed by atoms with Gasteiger partial charge in [0.2, 0.25) is 0 Å². The number of carbonyl (C=O) groups excluding carboxylic acids is 2. The number of rotatable bonds is 6. The molecule has 0 saturated carbocycles. The van der Waals surface area contributed by atoms with Crippen LogP contribution in [-0.2, 0) is 19.1 Å². The minimum absolute atomic E-state index is 0.275. The standard InChI is InChI=1S/C8H14O4.C4H8/c1-7(9)11-5-3-4-6-12-8(2)10;1-3-4-2/h3-6H2,1-2H3;1-4H2. The van der Waals surface area contributed by atoms with Crippen molar-refractivity contribution in [3.63, 3.8) is 0 Å². The SMILES string of the molecule is CC(=O)OCCCCOC(C)=O.[CH2]CC[CH2]. The van der Waals surface area contributed by atoms with Crippen LogP contribution in [0.3, 0.4) is 0 Å². The lowest BCUT2D eigenvalue weighted by atomic mass is 10.3. The molecule has 0 aliphatic heterocycles. The first-order valence-electron chi connectivity index (χ1n) is 5.39. The van der Waals surface area contributed by atoms with E-state index >= 15 is 0 Å². The Bertz CT molecular complexity index is 158. The second-order valence-electron chi connectivity index (χ2n) is 3.09. The molecular formula is C12H22O4. The van der Waals surface area contributed by atoms with E-state index < -0.39 is 0 Å². The molecule has 0 spiro atoms. The van der Waals surface area contributed by atoms with Crippen molar-refractivity contribution in [1.29, 1.82) is 0 Å². The molecule has 0 saturated heterocycles. The van der Waals surface area contributed by atoms with Crippen LogP contribution in [0.25, 0.3) is 0 Å². The van der Waals surface area contributed by atoms with Gasteiger partial charge in [-0.25, -0.2) is 0 Å². The molecule has 4 nitrogen and oxygen atoms in total. The number of esters is 2. The van der Waals surface area contributed by atoms with Crippen molar-refractivity contribution in [3.8, 4) is 0 Å². The number of carbonyl (C=O) groups is 2. The first-order chi connectivity index (χ1) is 7.54. The minimum Gasteiger partial charge on any atom is -0.466 e. The Labute approximate surface area is 98.3 Å². The summed E-state index contributed by atoms with van der Waals surface area (Å²) in [6, 6.07) is 0. The molecule has 2 radical (unpaired) electrons. The second-order valence-corrected chi connectivity index (χ2v) is 3.09. The normalized spacial score (nSPS) is 8.75. The van der Waals surface area contributed by atoms with Crippen molar-refractivity contribution < 1.29 is 19.1 Å². The quantitative estimate of drug-likeness (QED) is 0.519. The zero-order valence-corrected chi connectivity index (χ0v) is 10.3. The van der Waals surface area contributed by atoms with Gasteiger partial charge in [0, 0.05) is 13.8 Å². The summed E-state index contributed by atoms with van der Waals surface area (Å²) in [7, 11) is 0. The molecule has 4 heteroatoms. The molecule has 0 aromatic carbocycles. The highest BCUT2D eigenvalue weighted by Crippen LogP contribution is 1.91. The second kappa shape index (κ2) is 13.9. The fraction of sp³-hybridized carbons (Fsp3) is 0.667. The molecule has 0 bridgehead atoms. The molecule has 16 heavy (non-hydrogen) atoms. The highest BCUT2D eigenvalue weighted by molar-refractivity contribution is 5.66. The fourth-order valence-electron chi connectivity index (χ4n) is 0.636. The molecule has 0 aromatic heterocycles. The maximum Gasteiger partial charge on any atom is 0.302 e. The van der Waals surface area contributed by atoms with Crippen LogP contribution in [0.2, 0.25) is 0 Å². The molecule has 0 aliphatic carbocycles. The van der Waals surface area contributed by atoms with Gasteiger partial charge in [0.1, 0.15) is 0 Å². The maximum atomic E-state index is 10.3. The van der Waals surface area contributed by atoms with Crippen LogP contribution in [-0.4, -0.2) is 25.2 Å². The van der Waals surface area contributed by atoms with E-state index in [-0.39, 0.29) is 11.9 Å². The number of hydrogen-bond acceptors (Lipinski definition) is 4. The lowest BCUT2D eigenvalue weighted by Crippen LogP contribution is -2.04. The zero-order chi connectivity index (χ0) is 12.8. The van der Waals surface area contributed by atoms with E-state index in [4.69, 9.17) is 0 Å². The van der Waals surface area contributed by atoms with Crippen LogP contribution < -0.4 is 0 Å². The zero-order valence-electron chi connectivity index (χ0n) is 10.3. The molecule has 0 aromatic rings. The molecule has 0 atom stereocenters. The van der Waals surface area contributed by atoms with Gasteiger partial charge in [0.15, 0.2) is 0 Å². The van der Waals surface area contributed by atoms with E-state index in [1.165, 1.54) is 13.8 Å². The van der Waals surface area contributed by atoms with Crippen molar-refractivity contribution in [3.05, 3.63) is 13.8 Å². The number of hydrogen-bond donors (Lipinski definition) is 0. The third-order valence-electron chi connectivity index (χ3n) is 1.40. The third kappa shape index (κ3) is 23.1. The van der Waals surface area contributed by atoms with Gasteiger partial charge in [0.05, 0.1) is 13.2 Å². The number of unbranched alkanes of at least 4 members (excludes halogenated alkanes) is 2. The Balaban J connectivity index is 0. The largest absolute Gasteiger partial charge is 0.466 e. The van der Waals surface area contributed by atoms with Gasteiger partial charge in [0.25, 0.3) is 0 Å². The van der Waals surface area contributed by atoms with E-state index in [1.807, 2.05) is 0 Å². The van der Waals surface area contributed by atoms with E-state index in [0.717, 1.165) is 25.7 Å². The monoisotopic (exact) mass is 230 g/mol. The van der Waals surface area contributed by atoms with E-state index in [1.54, 1.807) is 0 Å². The molecule has 0 aliphatic rings. The van der Waals surface area contributed by atoms with Crippen LogP contribution in [0.4, 0.5) is 0 Å². The summed E-state index contributed by atoms with van der Waals surface area (Å²) in [6.45, 7) is 10.6. The Hall–Kier alpha value is -1.06. The summed E-state index contributed by atoms with van der Waals surface area (Å²) in [4.78, 5) is 20.6. The van der Waals surface area contributed by atoms with Gasteiger partial charge < -0.3 is 9.47 Å². The summed E-state index contributed by atoms with van der Waals surface area (Å²) >= 11 is 0. The Kier molecular flexibility index (Phi) is 15.1. The summed E-state index contributed by atoms with van der Waals surface area (Å²) in [5, 5.41) is 0. The van der Waals surface area contributed by atoms with Gasteiger partial charge in [-0.1, -0.05) is 26.7 Å². The van der Waals surface area contributed by atoms with Gasteiger partial charge in [-0.15, -0.1) is 0 Å². The van der Waals surface area contributed by atoms with Crippen LogP contribution >= 0.6 is 0 Å². The highest BCUT2D eigenvalue weighted by atomic mass is 16.5. The fourth-order valence-corrected chi connectivity index (χ4v) is 0.636. The first kappa shape index (κ1) is 17.3. The molecule has 94 valence electrons. The molecule has 0 heterocycles. The van der Waals surface area contributed by atoms with Crippen molar-refractivity contribution in [2.45, 2.75) is 39.5 Å². The molecule has 0 fully saturated rings. The van der Waals surface area contributed by atoms with Crippen LogP contribution in [0.15, 0.2) is 0 Å². The maximum absolute atomic E-state index is 10.3. The predicted molar refractivity (Wildman–Crippen MR) is 62.4 cm³/mol. The van der Waals surface area contributed by atoms with E-state index in [0.29, 0.717) is 13.2 Å². The highest BCUT2D eigenvalue weighted by Gasteiger charge is 1.94. The predicted octanol–water partition coefficient (Wildman–Crippen LogP) is 2.33. The van der Waals surface area contributed by atoms with E-state index in [9.17, 15) is 9.59 Å². The summed E-state index contributed by atoms with van der Waals surface area (Å²) < 4.78 is 9.34. The lowest BCUT2D eigenvalue weighted by Gasteiger charge is -2.01. The van der Waals surface area contributed by atoms with Gasteiger partial charge in [-0.2, -0.15) is 0 Å². The van der Waals surface area contributed by atoms with Gasteiger partial charge in [-0.05, 0) is 12.8 Å². The Morgan fingerprint density at radius 1 is 0.875 bits per heavy atom. The number of ether oxygens (including phenoxy) is 2. The average Bonchev–Trinajstić information content (AvgIpc) is 2.23. The Morgan fingerprint density at radius 2 is 1.19 bits per heavy atom. The topological polar surface area (TPSA) is 52.6 Å². The molecule has 0 N–H and O–H groups in total. The molecule has 0 rings (SSSR count). The van der Waals surface area contributed by atoms with Crippen molar-refractivity contribution in [2.75, 3.05) is 13.2 Å². The first-order valence-corrected chi connectivity index (χ1v) is 5.39. The van der Waals surface area contributed by atoms with Crippen molar-refractivity contribution in [2.24, 2.45) is 0 Å². The van der Waals surface area contributed by atoms with Gasteiger partial charge >= 0.3 is 11.9 Å². The lowest BCUT2D eigenvalue weighted by molar-refractivity contribution is -0.143. The van der Waals surface area contributed by atoms with E-state index in [2.05, 4.69) is 23.3 Å². The molecule has 0 amide bonds. The smallest absolute Gasteiger partial charge is 0.302 e.